The van der Waals surface area contributed by atoms with Crippen molar-refractivity contribution < 1.29 is 19.5 Å². The number of thiazole rings is 1. The first kappa shape index (κ1) is 24.6. The molecule has 176 valence electrons. The van der Waals surface area contributed by atoms with Crippen LogP contribution in [-0.2, 0) is 14.4 Å². The lowest BCUT2D eigenvalue weighted by molar-refractivity contribution is -0.129. The molecule has 0 radical (unpaired) electrons. The van der Waals surface area contributed by atoms with Crippen LogP contribution in [0.3, 0.4) is 0 Å². The topological polar surface area (TPSA) is 138 Å². The SMILES string of the molecule is CON=C(C(=O)O)c1csc(NC(=O)CSc2nc(-c3cccs3)cc(-c3cccs3)c2C#N)n1. The zero-order chi connectivity index (χ0) is 24.8. The number of aromatic nitrogens is 2. The van der Waals surface area contributed by atoms with Crippen LogP contribution in [0.25, 0.3) is 21.0 Å². The third-order valence-electron chi connectivity index (χ3n) is 4.38. The van der Waals surface area contributed by atoms with Crippen molar-refractivity contribution in [3.05, 3.63) is 57.7 Å². The van der Waals surface area contributed by atoms with Crippen LogP contribution in [0.5, 0.6) is 0 Å². The van der Waals surface area contributed by atoms with Crippen LogP contribution in [0.1, 0.15) is 11.3 Å². The summed E-state index contributed by atoms with van der Waals surface area (Å²) in [6.07, 6.45) is 0. The molecule has 1 amide bonds. The summed E-state index contributed by atoms with van der Waals surface area (Å²) in [5, 5.41) is 31.2. The molecule has 0 aromatic carbocycles. The second-order valence-electron chi connectivity index (χ2n) is 6.60. The first-order valence-corrected chi connectivity index (χ1v) is 13.4. The van der Waals surface area contributed by atoms with Crippen LogP contribution < -0.4 is 5.32 Å². The Morgan fingerprint density at radius 2 is 1.94 bits per heavy atom. The van der Waals surface area contributed by atoms with Crippen LogP contribution in [0.4, 0.5) is 5.13 Å². The average Bonchev–Trinajstić information content (AvgIpc) is 3.63. The van der Waals surface area contributed by atoms with Gasteiger partial charge in [-0.3, -0.25) is 4.79 Å². The predicted octanol–water partition coefficient (Wildman–Crippen LogP) is 5.03. The van der Waals surface area contributed by atoms with Crippen molar-refractivity contribution in [2.45, 2.75) is 5.03 Å². The normalized spacial score (nSPS) is 11.1. The highest BCUT2D eigenvalue weighted by atomic mass is 32.2. The number of nitriles is 1. The van der Waals surface area contributed by atoms with Crippen molar-refractivity contribution in [1.29, 1.82) is 5.26 Å². The molecule has 0 aliphatic carbocycles. The molecular formula is C22H15N5O4S4. The van der Waals surface area contributed by atoms with E-state index in [2.05, 4.69) is 31.3 Å². The molecule has 0 unspecified atom stereocenters. The molecule has 2 N–H and O–H groups in total. The molecule has 0 aliphatic rings. The number of carboxylic acid groups (broad SMARTS) is 1. The molecule has 9 nitrogen and oxygen atoms in total. The van der Waals surface area contributed by atoms with Crippen molar-refractivity contribution in [3.63, 3.8) is 0 Å². The first-order chi connectivity index (χ1) is 17.0. The van der Waals surface area contributed by atoms with E-state index in [1.807, 2.05) is 41.1 Å². The minimum Gasteiger partial charge on any atom is -0.476 e. The Bertz CT molecular complexity index is 1420. The molecule has 0 fully saturated rings. The van der Waals surface area contributed by atoms with Gasteiger partial charge < -0.3 is 15.3 Å². The van der Waals surface area contributed by atoms with E-state index in [-0.39, 0.29) is 28.2 Å². The van der Waals surface area contributed by atoms with Gasteiger partial charge in [-0.2, -0.15) is 5.26 Å². The van der Waals surface area contributed by atoms with E-state index in [1.165, 1.54) is 23.8 Å². The van der Waals surface area contributed by atoms with Gasteiger partial charge in [0, 0.05) is 15.8 Å². The van der Waals surface area contributed by atoms with E-state index >= 15 is 0 Å². The average molecular weight is 542 g/mol. The molecule has 4 aromatic heterocycles. The van der Waals surface area contributed by atoms with Gasteiger partial charge in [-0.1, -0.05) is 29.1 Å². The number of carboxylic acids is 1. The maximum atomic E-state index is 12.6. The number of amides is 1. The molecule has 4 aromatic rings. The molecule has 0 spiro atoms. The van der Waals surface area contributed by atoms with Gasteiger partial charge in [0.05, 0.1) is 21.9 Å². The van der Waals surface area contributed by atoms with E-state index in [4.69, 9.17) is 0 Å². The number of hydrogen-bond donors (Lipinski definition) is 2. The van der Waals surface area contributed by atoms with Crippen molar-refractivity contribution in [2.75, 3.05) is 18.2 Å². The summed E-state index contributed by atoms with van der Waals surface area (Å²) in [5.41, 5.74) is 1.61. The van der Waals surface area contributed by atoms with Crippen LogP contribution >= 0.6 is 45.8 Å². The second kappa shape index (κ2) is 11.2. The summed E-state index contributed by atoms with van der Waals surface area (Å²) in [4.78, 5) is 39.1. The van der Waals surface area contributed by atoms with Gasteiger partial charge in [0.15, 0.2) is 5.13 Å². The molecule has 0 aliphatic heterocycles. The minimum atomic E-state index is -1.30. The Morgan fingerprint density at radius 1 is 1.20 bits per heavy atom. The maximum Gasteiger partial charge on any atom is 0.360 e. The highest BCUT2D eigenvalue weighted by molar-refractivity contribution is 8.00. The Morgan fingerprint density at radius 3 is 2.57 bits per heavy atom. The van der Waals surface area contributed by atoms with Crippen LogP contribution in [0.2, 0.25) is 0 Å². The first-order valence-electron chi connectivity index (χ1n) is 9.76. The number of anilines is 1. The molecule has 35 heavy (non-hydrogen) atoms. The van der Waals surface area contributed by atoms with Crippen molar-refractivity contribution in [1.82, 2.24) is 9.97 Å². The van der Waals surface area contributed by atoms with Crippen LogP contribution in [0.15, 0.2) is 56.7 Å². The van der Waals surface area contributed by atoms with Gasteiger partial charge >= 0.3 is 5.97 Å². The standard InChI is InChI=1S/C22H15N5O4S4/c1-31-27-19(21(29)30)15-10-35-22(25-15)26-18(28)11-34-20-13(9-23)12(16-4-2-6-32-16)8-14(24-20)17-5-3-7-33-17/h2-8,10H,11H2,1H3,(H,29,30)(H,25,26,28). The number of nitrogens with zero attached hydrogens (tertiary/aromatic N) is 4. The Labute approximate surface area is 215 Å². The zero-order valence-electron chi connectivity index (χ0n) is 17.9. The number of oxime groups is 1. The van der Waals surface area contributed by atoms with Crippen LogP contribution in [0, 0.1) is 11.3 Å². The maximum absolute atomic E-state index is 12.6. The molecule has 0 saturated carbocycles. The van der Waals surface area contributed by atoms with Gasteiger partial charge in [0.2, 0.25) is 11.6 Å². The van der Waals surface area contributed by atoms with Crippen molar-refractivity contribution >= 4 is 68.5 Å². The number of pyridine rings is 1. The molecule has 0 atom stereocenters. The highest BCUT2D eigenvalue weighted by Crippen LogP contribution is 2.37. The third kappa shape index (κ3) is 5.75. The van der Waals surface area contributed by atoms with Crippen molar-refractivity contribution in [3.8, 4) is 27.1 Å². The number of carbonyl (C=O) groups excluding carboxylic acids is 1. The molecule has 0 saturated heterocycles. The number of thioether (sulfide) groups is 1. The van der Waals surface area contributed by atoms with Gasteiger partial charge in [0.1, 0.15) is 23.9 Å². The molecule has 13 heteroatoms. The van der Waals surface area contributed by atoms with Gasteiger partial charge in [-0.05, 0) is 29.0 Å². The quantitative estimate of drug-likeness (QED) is 0.171. The van der Waals surface area contributed by atoms with Gasteiger partial charge in [-0.25, -0.2) is 14.8 Å². The zero-order valence-corrected chi connectivity index (χ0v) is 21.2. The lowest BCUT2D eigenvalue weighted by Gasteiger charge is -2.10. The fraction of sp³-hybridized carbons (Fsp3) is 0.0909. The predicted molar refractivity (Wildman–Crippen MR) is 138 cm³/mol. The summed E-state index contributed by atoms with van der Waals surface area (Å²) in [7, 11) is 1.23. The third-order valence-corrected chi connectivity index (χ3v) is 7.91. The largest absolute Gasteiger partial charge is 0.476 e. The summed E-state index contributed by atoms with van der Waals surface area (Å²) < 4.78 is 0. The van der Waals surface area contributed by atoms with Gasteiger partial charge in [0.25, 0.3) is 0 Å². The summed E-state index contributed by atoms with van der Waals surface area (Å²) in [6.45, 7) is 0. The van der Waals surface area contributed by atoms with E-state index in [9.17, 15) is 20.0 Å². The van der Waals surface area contributed by atoms with E-state index < -0.39 is 5.97 Å². The Hall–Kier alpha value is -3.57. The fourth-order valence-electron chi connectivity index (χ4n) is 2.93. The Balaban J connectivity index is 1.55. The molecule has 4 heterocycles. The van der Waals surface area contributed by atoms with Gasteiger partial charge in [-0.15, -0.1) is 34.0 Å². The molecule has 4 rings (SSSR count). The highest BCUT2D eigenvalue weighted by Gasteiger charge is 2.20. The lowest BCUT2D eigenvalue weighted by atomic mass is 10.1. The second-order valence-corrected chi connectivity index (χ2v) is 10.3. The summed E-state index contributed by atoms with van der Waals surface area (Å²) >= 11 is 5.28. The number of thiophene rings is 2. The summed E-state index contributed by atoms with van der Waals surface area (Å²) in [6, 6.07) is 11.9. The Kier molecular flexibility index (Phi) is 7.88. The van der Waals surface area contributed by atoms with Crippen molar-refractivity contribution in [2.24, 2.45) is 5.16 Å². The number of carbonyl (C=O) groups is 2. The number of nitrogens with one attached hydrogen (secondary N) is 1. The number of aliphatic carboxylic acids is 1. The lowest BCUT2D eigenvalue weighted by Crippen LogP contribution is -2.17. The summed E-state index contributed by atoms with van der Waals surface area (Å²) in [5.74, 6) is -1.69. The minimum absolute atomic E-state index is 0.0215. The van der Waals surface area contributed by atoms with E-state index in [1.54, 1.807) is 11.3 Å². The monoisotopic (exact) mass is 541 g/mol. The molecular weight excluding hydrogens is 527 g/mol. The smallest absolute Gasteiger partial charge is 0.360 e. The van der Waals surface area contributed by atoms with E-state index in [0.717, 1.165) is 44.1 Å². The number of hydrogen-bond acceptors (Lipinski definition) is 11. The number of rotatable bonds is 9. The van der Waals surface area contributed by atoms with Crippen LogP contribution in [-0.4, -0.2) is 45.5 Å². The molecule has 0 bridgehead atoms. The fourth-order valence-corrected chi connectivity index (χ4v) is 5.88. The van der Waals surface area contributed by atoms with E-state index in [0.29, 0.717) is 10.6 Å².